The van der Waals surface area contributed by atoms with Crippen molar-refractivity contribution in [3.05, 3.63) is 0 Å². The van der Waals surface area contributed by atoms with E-state index in [0.717, 1.165) is 0 Å². The summed E-state index contributed by atoms with van der Waals surface area (Å²) in [5.41, 5.74) is 9.81. The van der Waals surface area contributed by atoms with Crippen molar-refractivity contribution in [3.63, 3.8) is 0 Å². The summed E-state index contributed by atoms with van der Waals surface area (Å²) < 4.78 is 0. The Morgan fingerprint density at radius 1 is 1.00 bits per heavy atom. The summed E-state index contributed by atoms with van der Waals surface area (Å²) >= 11 is 0. The molecule has 0 radical (unpaired) electrons. The SMILES string of the molecule is NCCN.[Cd+2].[OH-]. The predicted octanol–water partition coefficient (Wildman–Crippen LogP) is -1.28. The van der Waals surface area contributed by atoms with E-state index in [4.69, 9.17) is 11.5 Å². The van der Waals surface area contributed by atoms with Gasteiger partial charge in [-0.15, -0.1) is 0 Å². The third-order valence-electron chi connectivity index (χ3n) is 0.167. The van der Waals surface area contributed by atoms with Gasteiger partial charge in [0, 0.05) is 13.1 Å². The molecule has 0 saturated carbocycles. The van der Waals surface area contributed by atoms with Gasteiger partial charge >= 0.3 is 27.3 Å². The van der Waals surface area contributed by atoms with Crippen molar-refractivity contribution in [2.45, 2.75) is 0 Å². The van der Waals surface area contributed by atoms with E-state index in [0.29, 0.717) is 13.1 Å². The average Bonchev–Trinajstić information content (AvgIpc) is 1.37. The molecule has 0 heterocycles. The molecule has 6 heavy (non-hydrogen) atoms. The second-order valence-electron chi connectivity index (χ2n) is 0.577. The van der Waals surface area contributed by atoms with Crippen LogP contribution in [0.3, 0.4) is 0 Å². The molecule has 0 atom stereocenters. The molecule has 0 aromatic heterocycles. The Kier molecular flexibility index (Phi) is 45.0. The molecule has 0 aliphatic rings. The van der Waals surface area contributed by atoms with Gasteiger partial charge in [0.05, 0.1) is 0 Å². The van der Waals surface area contributed by atoms with Gasteiger partial charge in [-0.3, -0.25) is 0 Å². The first-order valence-electron chi connectivity index (χ1n) is 1.32. The fourth-order valence-electron chi connectivity index (χ4n) is 0. The van der Waals surface area contributed by atoms with Crippen LogP contribution in [-0.2, 0) is 27.3 Å². The van der Waals surface area contributed by atoms with E-state index in [-0.39, 0.29) is 32.8 Å². The van der Waals surface area contributed by atoms with Gasteiger partial charge < -0.3 is 16.9 Å². The topological polar surface area (TPSA) is 82.0 Å². The van der Waals surface area contributed by atoms with Crippen LogP contribution in [0.5, 0.6) is 0 Å². The van der Waals surface area contributed by atoms with Crippen molar-refractivity contribution in [3.8, 4) is 0 Å². The number of nitrogens with two attached hydrogens (primary N) is 2. The van der Waals surface area contributed by atoms with Crippen LogP contribution in [0.25, 0.3) is 0 Å². The Labute approximate surface area is 57.5 Å². The fraction of sp³-hybridized carbons (Fsp3) is 1.00. The van der Waals surface area contributed by atoms with E-state index in [1.807, 2.05) is 0 Å². The van der Waals surface area contributed by atoms with E-state index in [2.05, 4.69) is 0 Å². The molecule has 0 unspecified atom stereocenters. The molecule has 0 aromatic rings. The maximum absolute atomic E-state index is 4.90. The van der Waals surface area contributed by atoms with E-state index in [9.17, 15) is 0 Å². The van der Waals surface area contributed by atoms with Crippen molar-refractivity contribution in [1.29, 1.82) is 0 Å². The molecular weight excluding hydrogens is 180 g/mol. The van der Waals surface area contributed by atoms with Gasteiger partial charge in [-0.1, -0.05) is 0 Å². The molecular formula is C2H9CdN2O+. The van der Waals surface area contributed by atoms with Crippen molar-refractivity contribution in [1.82, 2.24) is 0 Å². The first kappa shape index (κ1) is 15.8. The molecule has 4 heteroatoms. The summed E-state index contributed by atoms with van der Waals surface area (Å²) in [5, 5.41) is 0. The largest absolute Gasteiger partial charge is 2.00 e. The smallest absolute Gasteiger partial charge is 0.870 e. The Bertz CT molecular complexity index is 13.5. The van der Waals surface area contributed by atoms with Gasteiger partial charge in [-0.2, -0.15) is 0 Å². The van der Waals surface area contributed by atoms with Crippen molar-refractivity contribution in [2.24, 2.45) is 11.5 Å². The summed E-state index contributed by atoms with van der Waals surface area (Å²) in [5.74, 6) is 0. The van der Waals surface area contributed by atoms with Gasteiger partial charge in [0.1, 0.15) is 0 Å². The molecule has 0 amide bonds. The number of rotatable bonds is 1. The van der Waals surface area contributed by atoms with Crippen LogP contribution in [0.15, 0.2) is 0 Å². The predicted molar refractivity (Wildman–Crippen MR) is 20.0 cm³/mol. The van der Waals surface area contributed by atoms with Crippen LogP contribution in [0, 0.1) is 0 Å². The van der Waals surface area contributed by atoms with E-state index < -0.39 is 0 Å². The Morgan fingerprint density at radius 2 is 1.17 bits per heavy atom. The van der Waals surface area contributed by atoms with Crippen molar-refractivity contribution >= 4 is 0 Å². The molecule has 0 saturated heterocycles. The average molecular weight is 190 g/mol. The molecule has 0 spiro atoms. The quantitative estimate of drug-likeness (QED) is 0.505. The minimum Gasteiger partial charge on any atom is -0.870 e. The van der Waals surface area contributed by atoms with Crippen LogP contribution in [0.4, 0.5) is 0 Å². The van der Waals surface area contributed by atoms with Crippen LogP contribution < -0.4 is 11.5 Å². The third-order valence-corrected chi connectivity index (χ3v) is 0.167. The molecule has 0 fully saturated rings. The normalized spacial score (nSPS) is 5.00. The molecule has 0 aromatic carbocycles. The zero-order valence-corrected chi connectivity index (χ0v) is 7.76. The molecule has 0 aliphatic carbocycles. The molecule has 0 bridgehead atoms. The van der Waals surface area contributed by atoms with Crippen LogP contribution >= 0.6 is 0 Å². The molecule has 0 rings (SSSR count). The zero-order chi connectivity index (χ0) is 3.41. The Balaban J connectivity index is -0.0000000450. The van der Waals surface area contributed by atoms with Gasteiger partial charge in [0.15, 0.2) is 0 Å². The minimum absolute atomic E-state index is 0. The maximum atomic E-state index is 4.90. The number of hydrogen-bond acceptors (Lipinski definition) is 3. The standard InChI is InChI=1S/C2H8N2.Cd.H2O/c3-1-2-4;;/h1-4H2;;1H2/q;+2;/p-1. The van der Waals surface area contributed by atoms with Crippen LogP contribution in [-0.4, -0.2) is 18.6 Å². The zero-order valence-electron chi connectivity index (χ0n) is 3.72. The van der Waals surface area contributed by atoms with Crippen molar-refractivity contribution < 1.29 is 32.8 Å². The molecule has 34 valence electrons. The van der Waals surface area contributed by atoms with Gasteiger partial charge in [0.25, 0.3) is 0 Å². The summed E-state index contributed by atoms with van der Waals surface area (Å²) in [6.45, 7) is 1.19. The summed E-state index contributed by atoms with van der Waals surface area (Å²) in [4.78, 5) is 0. The van der Waals surface area contributed by atoms with E-state index in [1.54, 1.807) is 0 Å². The van der Waals surface area contributed by atoms with Gasteiger partial charge in [-0.25, -0.2) is 0 Å². The third kappa shape index (κ3) is 21.4. The number of hydrogen-bond donors (Lipinski definition) is 2. The van der Waals surface area contributed by atoms with E-state index >= 15 is 0 Å². The first-order chi connectivity index (χ1) is 1.91. The Hall–Kier alpha value is 0.802. The maximum Gasteiger partial charge on any atom is 2.00 e. The summed E-state index contributed by atoms with van der Waals surface area (Å²) in [6.07, 6.45) is 0. The summed E-state index contributed by atoms with van der Waals surface area (Å²) in [7, 11) is 0. The molecule has 5 N–H and O–H groups in total. The molecule has 0 aliphatic heterocycles. The second-order valence-corrected chi connectivity index (χ2v) is 0.577. The van der Waals surface area contributed by atoms with E-state index in [1.165, 1.54) is 0 Å². The molecule has 3 nitrogen and oxygen atoms in total. The van der Waals surface area contributed by atoms with Gasteiger partial charge in [0.2, 0.25) is 0 Å². The van der Waals surface area contributed by atoms with Crippen molar-refractivity contribution in [2.75, 3.05) is 13.1 Å². The van der Waals surface area contributed by atoms with Crippen LogP contribution in [0.2, 0.25) is 0 Å². The monoisotopic (exact) mass is 191 g/mol. The summed E-state index contributed by atoms with van der Waals surface area (Å²) in [6, 6.07) is 0. The van der Waals surface area contributed by atoms with Crippen LogP contribution in [0.1, 0.15) is 0 Å². The van der Waals surface area contributed by atoms with Gasteiger partial charge in [-0.05, 0) is 0 Å². The first-order valence-corrected chi connectivity index (χ1v) is 1.32. The Morgan fingerprint density at radius 3 is 1.17 bits per heavy atom. The second kappa shape index (κ2) is 17.0. The fourth-order valence-corrected chi connectivity index (χ4v) is 0. The minimum atomic E-state index is 0.